The summed E-state index contributed by atoms with van der Waals surface area (Å²) >= 11 is 0. The van der Waals surface area contributed by atoms with E-state index >= 15 is 0 Å². The van der Waals surface area contributed by atoms with E-state index in [-0.39, 0.29) is 5.91 Å². The van der Waals surface area contributed by atoms with Gasteiger partial charge in [0, 0.05) is 42.6 Å². The van der Waals surface area contributed by atoms with Gasteiger partial charge >= 0.3 is 0 Å². The van der Waals surface area contributed by atoms with E-state index in [4.69, 9.17) is 4.74 Å². The van der Waals surface area contributed by atoms with Gasteiger partial charge in [-0.2, -0.15) is 0 Å². The summed E-state index contributed by atoms with van der Waals surface area (Å²) in [5.74, 6) is 1.40. The van der Waals surface area contributed by atoms with E-state index in [0.29, 0.717) is 17.9 Å². The maximum Gasteiger partial charge on any atom is 0.255 e. The van der Waals surface area contributed by atoms with E-state index in [0.717, 1.165) is 35.0 Å². The molecule has 5 rings (SSSR count). The topological polar surface area (TPSA) is 73.4 Å². The lowest BCUT2D eigenvalue weighted by Crippen LogP contribution is -2.12. The fourth-order valence-electron chi connectivity index (χ4n) is 3.77. The standard InChI is InChI=1S/C27H25N5O2/c1-19-6-11-26-29-24(17-32(26)15-19)18-34-25-5-3-4-22(14-25)27(33)30-23-9-7-21(8-10-23)16-31-13-12-28-20(31)2/h3-15,17H,16,18H2,1-2H3,(H,30,33). The van der Waals surface area contributed by atoms with Crippen molar-refractivity contribution in [3.63, 3.8) is 0 Å². The van der Waals surface area contributed by atoms with Crippen LogP contribution in [-0.2, 0) is 13.2 Å². The first-order valence-electron chi connectivity index (χ1n) is 11.1. The number of carbonyl (C=O) groups is 1. The lowest BCUT2D eigenvalue weighted by atomic mass is 10.1. The highest BCUT2D eigenvalue weighted by atomic mass is 16.5. The minimum atomic E-state index is -0.188. The number of hydrogen-bond donors (Lipinski definition) is 1. The molecule has 3 heterocycles. The van der Waals surface area contributed by atoms with Gasteiger partial charge in [0.05, 0.1) is 5.69 Å². The molecule has 0 spiro atoms. The molecule has 2 aromatic carbocycles. The van der Waals surface area contributed by atoms with Crippen molar-refractivity contribution in [2.45, 2.75) is 27.0 Å². The van der Waals surface area contributed by atoms with Crippen molar-refractivity contribution in [1.82, 2.24) is 18.9 Å². The Balaban J connectivity index is 1.21. The van der Waals surface area contributed by atoms with Gasteiger partial charge in [0.2, 0.25) is 0 Å². The number of pyridine rings is 1. The van der Waals surface area contributed by atoms with Crippen molar-refractivity contribution in [3.8, 4) is 5.75 Å². The zero-order valence-electron chi connectivity index (χ0n) is 19.1. The summed E-state index contributed by atoms with van der Waals surface area (Å²) in [6.45, 7) is 5.09. The number of hydrogen-bond acceptors (Lipinski definition) is 4. The number of benzene rings is 2. The van der Waals surface area contributed by atoms with Crippen molar-refractivity contribution in [2.24, 2.45) is 0 Å². The predicted molar refractivity (Wildman–Crippen MR) is 131 cm³/mol. The van der Waals surface area contributed by atoms with Crippen molar-refractivity contribution >= 4 is 17.2 Å². The second kappa shape index (κ2) is 9.23. The molecule has 0 radical (unpaired) electrons. The molecule has 0 bridgehead atoms. The van der Waals surface area contributed by atoms with E-state index in [2.05, 4.69) is 19.9 Å². The molecule has 7 nitrogen and oxygen atoms in total. The lowest BCUT2D eigenvalue weighted by Gasteiger charge is -2.09. The third-order valence-corrected chi connectivity index (χ3v) is 5.62. The van der Waals surface area contributed by atoms with Gasteiger partial charge in [-0.3, -0.25) is 4.79 Å². The Morgan fingerprint density at radius 3 is 2.68 bits per heavy atom. The number of aryl methyl sites for hydroxylation is 2. The molecule has 5 aromatic rings. The number of fused-ring (bicyclic) bond motifs is 1. The van der Waals surface area contributed by atoms with E-state index in [1.54, 1.807) is 18.3 Å². The highest BCUT2D eigenvalue weighted by Crippen LogP contribution is 2.18. The number of anilines is 1. The Kier molecular flexibility index (Phi) is 5.82. The van der Waals surface area contributed by atoms with Gasteiger partial charge in [0.25, 0.3) is 5.91 Å². The van der Waals surface area contributed by atoms with Crippen LogP contribution in [0.1, 0.15) is 33.0 Å². The molecular formula is C27H25N5O2. The Labute approximate surface area is 197 Å². The first-order chi connectivity index (χ1) is 16.5. The van der Waals surface area contributed by atoms with Gasteiger partial charge in [-0.05, 0) is 61.4 Å². The molecule has 34 heavy (non-hydrogen) atoms. The average Bonchev–Trinajstić information content (AvgIpc) is 3.44. The maximum absolute atomic E-state index is 12.8. The van der Waals surface area contributed by atoms with Gasteiger partial charge in [-0.1, -0.05) is 24.3 Å². The molecule has 0 saturated carbocycles. The molecule has 0 saturated heterocycles. The molecular weight excluding hydrogens is 426 g/mol. The van der Waals surface area contributed by atoms with Crippen LogP contribution in [0.4, 0.5) is 5.69 Å². The molecule has 1 N–H and O–H groups in total. The molecule has 170 valence electrons. The fraction of sp³-hybridized carbons (Fsp3) is 0.148. The molecule has 0 atom stereocenters. The summed E-state index contributed by atoms with van der Waals surface area (Å²) in [5, 5.41) is 2.95. The van der Waals surface area contributed by atoms with Gasteiger partial charge < -0.3 is 19.0 Å². The number of amides is 1. The van der Waals surface area contributed by atoms with Crippen LogP contribution in [0.3, 0.4) is 0 Å². The zero-order valence-corrected chi connectivity index (χ0v) is 19.1. The first kappa shape index (κ1) is 21.5. The normalized spacial score (nSPS) is 11.0. The summed E-state index contributed by atoms with van der Waals surface area (Å²) < 4.78 is 9.97. The number of rotatable bonds is 7. The highest BCUT2D eigenvalue weighted by Gasteiger charge is 2.09. The monoisotopic (exact) mass is 451 g/mol. The Hall–Kier alpha value is -4.39. The summed E-state index contributed by atoms with van der Waals surface area (Å²) in [7, 11) is 0. The number of aromatic nitrogens is 4. The molecule has 0 aliphatic rings. The lowest BCUT2D eigenvalue weighted by molar-refractivity contribution is 0.102. The van der Waals surface area contributed by atoms with E-state index < -0.39 is 0 Å². The molecule has 0 fully saturated rings. The van der Waals surface area contributed by atoms with Crippen molar-refractivity contribution in [3.05, 3.63) is 114 Å². The Morgan fingerprint density at radius 1 is 1.03 bits per heavy atom. The number of carbonyl (C=O) groups excluding carboxylic acids is 1. The second-order valence-corrected chi connectivity index (χ2v) is 8.27. The van der Waals surface area contributed by atoms with Gasteiger partial charge in [0.15, 0.2) is 0 Å². The van der Waals surface area contributed by atoms with Crippen LogP contribution < -0.4 is 10.1 Å². The third-order valence-electron chi connectivity index (χ3n) is 5.62. The summed E-state index contributed by atoms with van der Waals surface area (Å²) in [6.07, 6.45) is 7.73. The highest BCUT2D eigenvalue weighted by molar-refractivity contribution is 6.04. The van der Waals surface area contributed by atoms with E-state index in [1.807, 2.05) is 85.4 Å². The number of imidazole rings is 2. The van der Waals surface area contributed by atoms with Crippen LogP contribution in [0.2, 0.25) is 0 Å². The van der Waals surface area contributed by atoms with Crippen molar-refractivity contribution in [1.29, 1.82) is 0 Å². The Morgan fingerprint density at radius 2 is 1.88 bits per heavy atom. The minimum absolute atomic E-state index is 0.188. The van der Waals surface area contributed by atoms with Crippen molar-refractivity contribution < 1.29 is 9.53 Å². The smallest absolute Gasteiger partial charge is 0.255 e. The zero-order chi connectivity index (χ0) is 23.5. The SMILES string of the molecule is Cc1ccc2nc(COc3cccc(C(=O)Nc4ccc(Cn5ccnc5C)cc4)c3)cn2c1. The average molecular weight is 452 g/mol. The number of ether oxygens (including phenoxy) is 1. The van der Waals surface area contributed by atoms with Crippen LogP contribution in [0.5, 0.6) is 5.75 Å². The van der Waals surface area contributed by atoms with Crippen LogP contribution in [0, 0.1) is 13.8 Å². The maximum atomic E-state index is 12.8. The molecule has 1 amide bonds. The van der Waals surface area contributed by atoms with Crippen LogP contribution in [0.25, 0.3) is 5.65 Å². The van der Waals surface area contributed by atoms with Gasteiger partial charge in [-0.15, -0.1) is 0 Å². The summed E-state index contributed by atoms with van der Waals surface area (Å²) in [6, 6.07) is 19.0. The fourth-order valence-corrected chi connectivity index (χ4v) is 3.77. The van der Waals surface area contributed by atoms with Gasteiger partial charge in [0.1, 0.15) is 23.8 Å². The van der Waals surface area contributed by atoms with Crippen LogP contribution in [0.15, 0.2) is 85.5 Å². The summed E-state index contributed by atoms with van der Waals surface area (Å²) in [4.78, 5) is 21.6. The Bertz CT molecular complexity index is 1450. The molecule has 3 aromatic heterocycles. The number of nitrogens with zero attached hydrogens (tertiary/aromatic N) is 4. The van der Waals surface area contributed by atoms with E-state index in [9.17, 15) is 4.79 Å². The molecule has 0 unspecified atom stereocenters. The van der Waals surface area contributed by atoms with Gasteiger partial charge in [-0.25, -0.2) is 9.97 Å². The largest absolute Gasteiger partial charge is 0.487 e. The minimum Gasteiger partial charge on any atom is -0.487 e. The van der Waals surface area contributed by atoms with Crippen molar-refractivity contribution in [2.75, 3.05) is 5.32 Å². The molecule has 0 aliphatic carbocycles. The van der Waals surface area contributed by atoms with E-state index in [1.165, 1.54) is 5.56 Å². The number of nitrogens with one attached hydrogen (secondary N) is 1. The first-order valence-corrected chi connectivity index (χ1v) is 11.1. The molecule has 0 aliphatic heterocycles. The molecule has 7 heteroatoms. The second-order valence-electron chi connectivity index (χ2n) is 8.27. The summed E-state index contributed by atoms with van der Waals surface area (Å²) in [5.41, 5.74) is 5.27. The third kappa shape index (κ3) is 4.83. The predicted octanol–water partition coefficient (Wildman–Crippen LogP) is 5.03. The quantitative estimate of drug-likeness (QED) is 0.377. The van der Waals surface area contributed by atoms with Crippen LogP contribution >= 0.6 is 0 Å². The van der Waals surface area contributed by atoms with Crippen LogP contribution in [-0.4, -0.2) is 24.8 Å².